The number of carbonyl (C=O) groups excluding carboxylic acids is 4. The average Bonchev–Trinajstić information content (AvgIpc) is 2.87. The lowest BCUT2D eigenvalue weighted by molar-refractivity contribution is -0.141. The molecule has 0 saturated carbocycles. The number of benzene rings is 3. The van der Waals surface area contributed by atoms with Gasteiger partial charge < -0.3 is 26.0 Å². The van der Waals surface area contributed by atoms with Crippen molar-refractivity contribution in [3.05, 3.63) is 77.9 Å². The topological polar surface area (TPSA) is 131 Å². The van der Waals surface area contributed by atoms with Crippen molar-refractivity contribution in [2.24, 2.45) is 5.73 Å². The van der Waals surface area contributed by atoms with Crippen LogP contribution in [0, 0.1) is 6.92 Å². The number of nitrogens with zero attached hydrogens (tertiary/aromatic N) is 1. The van der Waals surface area contributed by atoms with Crippen LogP contribution in [0.2, 0.25) is 0 Å². The van der Waals surface area contributed by atoms with Crippen LogP contribution in [0.3, 0.4) is 0 Å². The van der Waals surface area contributed by atoms with Crippen LogP contribution in [0.15, 0.2) is 66.7 Å². The van der Waals surface area contributed by atoms with E-state index in [1.54, 1.807) is 39.0 Å². The Morgan fingerprint density at radius 1 is 0.950 bits per heavy atom. The van der Waals surface area contributed by atoms with E-state index in [1.165, 1.54) is 4.90 Å². The van der Waals surface area contributed by atoms with Gasteiger partial charge in [-0.05, 0) is 68.1 Å². The Bertz CT molecular complexity index is 1380. The number of hydrogen-bond acceptors (Lipinski definition) is 5. The van der Waals surface area contributed by atoms with Gasteiger partial charge in [-0.25, -0.2) is 4.79 Å². The van der Waals surface area contributed by atoms with Crippen molar-refractivity contribution in [2.75, 3.05) is 11.9 Å². The largest absolute Gasteiger partial charge is 0.444 e. The molecule has 40 heavy (non-hydrogen) atoms. The number of aryl methyl sites for hydroxylation is 1. The van der Waals surface area contributed by atoms with E-state index in [4.69, 9.17) is 10.5 Å². The SMILES string of the molecule is CCCN(C(=O)C(CC(N)=O)NC(=O)OC(C)(C)C)C(C(=O)Nc1ccc2ccccc2c1)c1ccccc1C. The van der Waals surface area contributed by atoms with E-state index in [1.807, 2.05) is 62.4 Å². The zero-order valence-corrected chi connectivity index (χ0v) is 23.7. The number of nitrogens with two attached hydrogens (primary N) is 1. The van der Waals surface area contributed by atoms with E-state index in [2.05, 4.69) is 10.6 Å². The predicted molar refractivity (Wildman–Crippen MR) is 155 cm³/mol. The van der Waals surface area contributed by atoms with Crippen molar-refractivity contribution >= 4 is 40.3 Å². The van der Waals surface area contributed by atoms with Gasteiger partial charge in [0.1, 0.15) is 17.7 Å². The molecule has 9 nitrogen and oxygen atoms in total. The normalized spacial score (nSPS) is 12.7. The van der Waals surface area contributed by atoms with E-state index in [0.717, 1.165) is 16.3 Å². The van der Waals surface area contributed by atoms with Gasteiger partial charge in [-0.3, -0.25) is 14.4 Å². The molecule has 0 radical (unpaired) electrons. The number of anilines is 1. The molecule has 9 heteroatoms. The monoisotopic (exact) mass is 546 g/mol. The molecule has 4 N–H and O–H groups in total. The summed E-state index contributed by atoms with van der Waals surface area (Å²) in [7, 11) is 0. The number of ether oxygens (including phenoxy) is 1. The summed E-state index contributed by atoms with van der Waals surface area (Å²) in [5.41, 5.74) is 6.63. The summed E-state index contributed by atoms with van der Waals surface area (Å²) in [5.74, 6) is -1.83. The molecule has 3 aromatic rings. The Morgan fingerprint density at radius 2 is 1.60 bits per heavy atom. The maximum atomic E-state index is 14.0. The second-order valence-corrected chi connectivity index (χ2v) is 10.7. The quantitative estimate of drug-likeness (QED) is 0.335. The zero-order valence-electron chi connectivity index (χ0n) is 23.7. The number of hydrogen-bond donors (Lipinski definition) is 3. The van der Waals surface area contributed by atoms with Crippen molar-refractivity contribution < 1.29 is 23.9 Å². The Balaban J connectivity index is 2.01. The molecule has 0 bridgehead atoms. The summed E-state index contributed by atoms with van der Waals surface area (Å²) in [5, 5.41) is 7.44. The standard InChI is InChI=1S/C31H38N4O5/c1-6-17-35(29(38)25(19-26(32)36)34-30(39)40-31(3,4)5)27(24-14-10-7-11-20(24)2)28(37)33-23-16-15-21-12-8-9-13-22(21)18-23/h7-16,18,25,27H,6,17,19H2,1-5H3,(H2,32,36)(H,33,37)(H,34,39). The van der Waals surface area contributed by atoms with Crippen LogP contribution in [0.25, 0.3) is 10.8 Å². The van der Waals surface area contributed by atoms with E-state index in [0.29, 0.717) is 17.7 Å². The van der Waals surface area contributed by atoms with Gasteiger partial charge in [0.05, 0.1) is 6.42 Å². The molecule has 0 aliphatic carbocycles. The van der Waals surface area contributed by atoms with Gasteiger partial charge in [-0.2, -0.15) is 0 Å². The molecule has 3 rings (SSSR count). The number of fused-ring (bicyclic) bond motifs is 1. The fraction of sp³-hybridized carbons (Fsp3) is 0.355. The highest BCUT2D eigenvalue weighted by atomic mass is 16.6. The summed E-state index contributed by atoms with van der Waals surface area (Å²) < 4.78 is 5.31. The van der Waals surface area contributed by atoms with Crippen LogP contribution in [0.4, 0.5) is 10.5 Å². The lowest BCUT2D eigenvalue weighted by atomic mass is 9.97. The molecule has 4 amide bonds. The summed E-state index contributed by atoms with van der Waals surface area (Å²) in [6, 6.07) is 18.3. The number of carbonyl (C=O) groups is 4. The lowest BCUT2D eigenvalue weighted by Gasteiger charge is -2.34. The first kappa shape index (κ1) is 30.1. The molecule has 0 saturated heterocycles. The van der Waals surface area contributed by atoms with Gasteiger partial charge in [0.15, 0.2) is 0 Å². The third-order valence-electron chi connectivity index (χ3n) is 6.20. The van der Waals surface area contributed by atoms with Crippen LogP contribution in [-0.2, 0) is 19.1 Å². The van der Waals surface area contributed by atoms with Crippen molar-refractivity contribution in [1.29, 1.82) is 0 Å². The summed E-state index contributed by atoms with van der Waals surface area (Å²) >= 11 is 0. The van der Waals surface area contributed by atoms with Gasteiger partial charge in [0.2, 0.25) is 11.8 Å². The van der Waals surface area contributed by atoms with Gasteiger partial charge in [-0.15, -0.1) is 0 Å². The highest BCUT2D eigenvalue weighted by Crippen LogP contribution is 2.28. The number of amides is 4. The molecular weight excluding hydrogens is 508 g/mol. The van der Waals surface area contributed by atoms with E-state index in [9.17, 15) is 19.2 Å². The summed E-state index contributed by atoms with van der Waals surface area (Å²) in [6.45, 7) is 8.99. The number of alkyl carbamates (subject to hydrolysis) is 1. The zero-order chi connectivity index (χ0) is 29.4. The first-order valence-corrected chi connectivity index (χ1v) is 13.3. The van der Waals surface area contributed by atoms with Crippen molar-refractivity contribution in [3.8, 4) is 0 Å². The molecule has 0 aliphatic rings. The molecule has 0 aromatic heterocycles. The van der Waals surface area contributed by atoms with Gasteiger partial charge >= 0.3 is 6.09 Å². The first-order valence-electron chi connectivity index (χ1n) is 13.3. The highest BCUT2D eigenvalue weighted by molar-refractivity contribution is 6.01. The second-order valence-electron chi connectivity index (χ2n) is 10.7. The van der Waals surface area contributed by atoms with Crippen LogP contribution in [0.5, 0.6) is 0 Å². The van der Waals surface area contributed by atoms with Crippen molar-refractivity contribution in [1.82, 2.24) is 10.2 Å². The van der Waals surface area contributed by atoms with Gasteiger partial charge in [0.25, 0.3) is 5.91 Å². The second kappa shape index (κ2) is 13.1. The summed E-state index contributed by atoms with van der Waals surface area (Å²) in [6.07, 6.45) is -0.797. The molecule has 3 aromatic carbocycles. The number of rotatable bonds is 10. The molecule has 2 unspecified atom stereocenters. The minimum absolute atomic E-state index is 0.189. The molecule has 0 spiro atoms. The molecule has 212 valence electrons. The van der Waals surface area contributed by atoms with Gasteiger partial charge in [-0.1, -0.05) is 61.5 Å². The summed E-state index contributed by atoms with van der Waals surface area (Å²) in [4.78, 5) is 53.8. The molecule has 0 heterocycles. The van der Waals surface area contributed by atoms with E-state index < -0.39 is 47.9 Å². The smallest absolute Gasteiger partial charge is 0.408 e. The van der Waals surface area contributed by atoms with Gasteiger partial charge in [0, 0.05) is 12.2 Å². The van der Waals surface area contributed by atoms with Crippen LogP contribution >= 0.6 is 0 Å². The molecule has 2 atom stereocenters. The maximum absolute atomic E-state index is 14.0. The van der Waals surface area contributed by atoms with Crippen LogP contribution in [-0.4, -0.2) is 46.9 Å². The lowest BCUT2D eigenvalue weighted by Crippen LogP contribution is -2.53. The van der Waals surface area contributed by atoms with E-state index >= 15 is 0 Å². The fourth-order valence-corrected chi connectivity index (χ4v) is 4.48. The third kappa shape index (κ3) is 8.05. The number of nitrogens with one attached hydrogen (secondary N) is 2. The third-order valence-corrected chi connectivity index (χ3v) is 6.20. The first-order chi connectivity index (χ1) is 18.9. The Hall–Kier alpha value is -4.40. The van der Waals surface area contributed by atoms with Crippen molar-refractivity contribution in [3.63, 3.8) is 0 Å². The maximum Gasteiger partial charge on any atom is 0.408 e. The minimum Gasteiger partial charge on any atom is -0.444 e. The van der Waals surface area contributed by atoms with Crippen LogP contribution in [0.1, 0.15) is 57.7 Å². The Morgan fingerprint density at radius 3 is 2.23 bits per heavy atom. The Kier molecular flexibility index (Phi) is 9.87. The minimum atomic E-state index is -1.32. The van der Waals surface area contributed by atoms with Crippen LogP contribution < -0.4 is 16.4 Å². The highest BCUT2D eigenvalue weighted by Gasteiger charge is 2.37. The molecule has 0 aliphatic heterocycles. The van der Waals surface area contributed by atoms with Crippen molar-refractivity contribution in [2.45, 2.75) is 65.1 Å². The number of primary amides is 1. The fourth-order valence-electron chi connectivity index (χ4n) is 4.48. The average molecular weight is 547 g/mol. The predicted octanol–water partition coefficient (Wildman–Crippen LogP) is 4.84. The Labute approximate surface area is 235 Å². The molecular formula is C31H38N4O5. The van der Waals surface area contributed by atoms with E-state index in [-0.39, 0.29) is 6.54 Å². The molecule has 0 fully saturated rings.